The van der Waals surface area contributed by atoms with Crippen molar-refractivity contribution in [3.05, 3.63) is 24.8 Å². The van der Waals surface area contributed by atoms with E-state index < -0.39 is 22.4 Å². The van der Waals surface area contributed by atoms with Gasteiger partial charge in [-0.05, 0) is 36.7 Å². The van der Waals surface area contributed by atoms with Gasteiger partial charge in [0, 0.05) is 5.57 Å². The Morgan fingerprint density at radius 2 is 1.95 bits per heavy atom. The number of esters is 2. The van der Waals surface area contributed by atoms with Crippen molar-refractivity contribution in [1.29, 1.82) is 0 Å². The monoisotopic (exact) mass is 348 g/mol. The highest BCUT2D eigenvalue weighted by atomic mass is 79.9. The number of hydrogen-bond acceptors (Lipinski definition) is 5. The molecule has 0 rings (SSSR count). The minimum absolute atomic E-state index is 0.0808. The number of carbonyl (C=O) groups is 2. The summed E-state index contributed by atoms with van der Waals surface area (Å²) < 4.78 is 14.6. The fraction of sp³-hybridized carbons (Fsp3) is 0.571. The van der Waals surface area contributed by atoms with Gasteiger partial charge in [-0.2, -0.15) is 0 Å². The van der Waals surface area contributed by atoms with Gasteiger partial charge in [0.1, 0.15) is 12.5 Å². The van der Waals surface area contributed by atoms with Crippen molar-refractivity contribution in [3.63, 3.8) is 0 Å². The van der Waals surface area contributed by atoms with Gasteiger partial charge in [0.15, 0.2) is 4.51 Å². The molecule has 0 fully saturated rings. The smallest absolute Gasteiger partial charge is 0.333 e. The molecular formula is C14H21BrO5. The predicted molar refractivity (Wildman–Crippen MR) is 79.4 cm³/mol. The fourth-order valence-electron chi connectivity index (χ4n) is 1.10. The SMILES string of the molecule is C=CCOCC(COC(=O)C(=C)C)C(=O)OC(C)(C)Br. The van der Waals surface area contributed by atoms with Crippen LogP contribution in [0.1, 0.15) is 20.8 Å². The van der Waals surface area contributed by atoms with Crippen LogP contribution in [0, 0.1) is 5.92 Å². The molecule has 0 bridgehead atoms. The molecule has 6 heteroatoms. The van der Waals surface area contributed by atoms with Crippen LogP contribution in [-0.2, 0) is 23.8 Å². The first kappa shape index (κ1) is 18.9. The molecule has 1 atom stereocenters. The molecule has 0 aromatic carbocycles. The molecule has 0 amide bonds. The minimum Gasteiger partial charge on any atom is -0.461 e. The maximum atomic E-state index is 12.0. The van der Waals surface area contributed by atoms with Crippen molar-refractivity contribution in [3.8, 4) is 0 Å². The Labute approximate surface area is 128 Å². The highest BCUT2D eigenvalue weighted by Crippen LogP contribution is 2.20. The number of ether oxygens (including phenoxy) is 3. The average Bonchev–Trinajstić information content (AvgIpc) is 2.30. The molecule has 0 aliphatic heterocycles. The van der Waals surface area contributed by atoms with Crippen LogP contribution < -0.4 is 0 Å². The molecule has 0 aliphatic rings. The standard InChI is InChI=1S/C14H21BrO5/c1-6-7-18-8-11(9-19-12(16)10(2)3)13(17)20-14(4,5)15/h6,11H,1-2,7-9H2,3-5H3. The second-order valence-electron chi connectivity index (χ2n) is 4.69. The van der Waals surface area contributed by atoms with E-state index in [1.54, 1.807) is 19.9 Å². The molecular weight excluding hydrogens is 328 g/mol. The maximum Gasteiger partial charge on any atom is 0.333 e. The molecule has 0 saturated heterocycles. The Morgan fingerprint density at radius 1 is 1.35 bits per heavy atom. The van der Waals surface area contributed by atoms with E-state index >= 15 is 0 Å². The van der Waals surface area contributed by atoms with Crippen LogP contribution in [0.5, 0.6) is 0 Å². The van der Waals surface area contributed by atoms with Crippen LogP contribution in [-0.4, -0.2) is 36.3 Å². The lowest BCUT2D eigenvalue weighted by molar-refractivity contribution is -0.160. The van der Waals surface area contributed by atoms with E-state index in [1.165, 1.54) is 6.92 Å². The Kier molecular flexibility index (Phi) is 8.41. The third kappa shape index (κ3) is 8.87. The highest BCUT2D eigenvalue weighted by Gasteiger charge is 2.27. The van der Waals surface area contributed by atoms with Gasteiger partial charge in [-0.1, -0.05) is 12.7 Å². The number of halogens is 1. The molecule has 0 N–H and O–H groups in total. The summed E-state index contributed by atoms with van der Waals surface area (Å²) in [5.41, 5.74) is 0.268. The van der Waals surface area contributed by atoms with E-state index in [1.807, 2.05) is 0 Å². The van der Waals surface area contributed by atoms with Crippen molar-refractivity contribution in [2.75, 3.05) is 19.8 Å². The molecule has 20 heavy (non-hydrogen) atoms. The summed E-state index contributed by atoms with van der Waals surface area (Å²) in [4.78, 5) is 23.3. The van der Waals surface area contributed by atoms with Gasteiger partial charge in [0.25, 0.3) is 0 Å². The van der Waals surface area contributed by atoms with Gasteiger partial charge < -0.3 is 14.2 Å². The first-order valence-electron chi connectivity index (χ1n) is 6.10. The molecule has 5 nitrogen and oxygen atoms in total. The second-order valence-corrected chi connectivity index (χ2v) is 6.60. The summed E-state index contributed by atoms with van der Waals surface area (Å²) in [5.74, 6) is -1.76. The lowest BCUT2D eigenvalue weighted by Crippen LogP contribution is -2.33. The molecule has 0 aromatic heterocycles. The number of carbonyl (C=O) groups excluding carboxylic acids is 2. The largest absolute Gasteiger partial charge is 0.461 e. The molecule has 0 heterocycles. The quantitative estimate of drug-likeness (QED) is 0.211. The van der Waals surface area contributed by atoms with E-state index in [2.05, 4.69) is 29.1 Å². The van der Waals surface area contributed by atoms with Crippen LogP contribution in [0.15, 0.2) is 24.8 Å². The zero-order valence-electron chi connectivity index (χ0n) is 12.1. The van der Waals surface area contributed by atoms with Crippen molar-refractivity contribution in [2.24, 2.45) is 5.92 Å². The van der Waals surface area contributed by atoms with Crippen LogP contribution in [0.3, 0.4) is 0 Å². The topological polar surface area (TPSA) is 61.8 Å². The van der Waals surface area contributed by atoms with E-state index in [4.69, 9.17) is 14.2 Å². The van der Waals surface area contributed by atoms with Gasteiger partial charge >= 0.3 is 11.9 Å². The molecule has 0 saturated carbocycles. The Bertz CT molecular complexity index is 370. The lowest BCUT2D eigenvalue weighted by atomic mass is 10.2. The zero-order valence-corrected chi connectivity index (χ0v) is 13.7. The van der Waals surface area contributed by atoms with Crippen molar-refractivity contribution >= 4 is 27.9 Å². The summed E-state index contributed by atoms with van der Waals surface area (Å²) in [7, 11) is 0. The van der Waals surface area contributed by atoms with Crippen LogP contribution in [0.2, 0.25) is 0 Å². The van der Waals surface area contributed by atoms with Crippen LogP contribution in [0.25, 0.3) is 0 Å². The fourth-order valence-corrected chi connectivity index (χ4v) is 1.26. The predicted octanol–water partition coefficient (Wildman–Crippen LogP) is 2.60. The van der Waals surface area contributed by atoms with Crippen LogP contribution in [0.4, 0.5) is 0 Å². The van der Waals surface area contributed by atoms with Crippen molar-refractivity contribution < 1.29 is 23.8 Å². The van der Waals surface area contributed by atoms with Crippen LogP contribution >= 0.6 is 15.9 Å². The Balaban J connectivity index is 4.54. The molecule has 1 unspecified atom stereocenters. The van der Waals surface area contributed by atoms with Crippen molar-refractivity contribution in [2.45, 2.75) is 25.3 Å². The molecule has 0 aromatic rings. The molecule has 0 spiro atoms. The first-order chi connectivity index (χ1) is 9.17. The summed E-state index contributed by atoms with van der Waals surface area (Å²) in [6.07, 6.45) is 1.57. The zero-order chi connectivity index (χ0) is 15.8. The average molecular weight is 349 g/mol. The van der Waals surface area contributed by atoms with Gasteiger partial charge in [-0.15, -0.1) is 6.58 Å². The maximum absolute atomic E-state index is 12.0. The van der Waals surface area contributed by atoms with Crippen molar-refractivity contribution in [1.82, 2.24) is 0 Å². The number of alkyl halides is 1. The van der Waals surface area contributed by atoms with E-state index in [0.29, 0.717) is 6.61 Å². The summed E-state index contributed by atoms with van der Waals surface area (Å²) >= 11 is 3.21. The third-order valence-corrected chi connectivity index (χ3v) is 2.16. The van der Waals surface area contributed by atoms with E-state index in [9.17, 15) is 9.59 Å². The van der Waals surface area contributed by atoms with Gasteiger partial charge in [-0.25, -0.2) is 4.79 Å². The van der Waals surface area contributed by atoms with Gasteiger partial charge in [0.2, 0.25) is 0 Å². The van der Waals surface area contributed by atoms with Gasteiger partial charge in [0.05, 0.1) is 13.2 Å². The third-order valence-electron chi connectivity index (χ3n) is 2.00. The number of rotatable bonds is 9. The minimum atomic E-state index is -0.793. The normalized spacial score (nSPS) is 12.4. The van der Waals surface area contributed by atoms with E-state index in [0.717, 1.165) is 0 Å². The first-order valence-corrected chi connectivity index (χ1v) is 6.89. The summed E-state index contributed by atoms with van der Waals surface area (Å²) in [5, 5.41) is 0. The molecule has 114 valence electrons. The van der Waals surface area contributed by atoms with Gasteiger partial charge in [-0.3, -0.25) is 4.79 Å². The van der Waals surface area contributed by atoms with E-state index in [-0.39, 0.29) is 18.8 Å². The Morgan fingerprint density at radius 3 is 2.40 bits per heavy atom. The molecule has 0 radical (unpaired) electrons. The lowest BCUT2D eigenvalue weighted by Gasteiger charge is -2.22. The second kappa shape index (κ2) is 8.92. The Hall–Kier alpha value is -1.14. The summed E-state index contributed by atoms with van der Waals surface area (Å²) in [6, 6.07) is 0. The molecule has 0 aliphatic carbocycles. The summed E-state index contributed by atoms with van der Waals surface area (Å²) in [6.45, 7) is 12.2. The highest BCUT2D eigenvalue weighted by molar-refractivity contribution is 9.10. The number of hydrogen-bond donors (Lipinski definition) is 0.